The maximum absolute atomic E-state index is 12.2. The standard InChI is InChI=1S/C19H21ClN2O4/c1-13-11-14(20)7-8-17(13)26-12-18(23)22-16-6-4-3-5-15(16)19(24)21-9-10-25-2/h3-8,11H,9-10,12H2,1-2H3,(H,21,24)(H,22,23). The van der Waals surface area contributed by atoms with Crippen molar-refractivity contribution in [2.45, 2.75) is 6.92 Å². The summed E-state index contributed by atoms with van der Waals surface area (Å²) >= 11 is 5.90. The highest BCUT2D eigenvalue weighted by Crippen LogP contribution is 2.22. The molecule has 2 N–H and O–H groups in total. The number of hydrogen-bond donors (Lipinski definition) is 2. The number of carbonyl (C=O) groups is 2. The minimum Gasteiger partial charge on any atom is -0.483 e. The molecular formula is C19H21ClN2O4. The third-order valence-electron chi connectivity index (χ3n) is 3.53. The lowest BCUT2D eigenvalue weighted by Crippen LogP contribution is -2.29. The fourth-order valence-electron chi connectivity index (χ4n) is 2.26. The summed E-state index contributed by atoms with van der Waals surface area (Å²) in [6.07, 6.45) is 0. The molecule has 0 aliphatic rings. The second-order valence-corrected chi connectivity index (χ2v) is 5.98. The molecule has 6 nitrogen and oxygen atoms in total. The van der Waals surface area contributed by atoms with Gasteiger partial charge in [0.2, 0.25) is 0 Å². The third kappa shape index (κ3) is 5.75. The van der Waals surface area contributed by atoms with Crippen LogP contribution in [0.1, 0.15) is 15.9 Å². The molecule has 2 amide bonds. The van der Waals surface area contributed by atoms with E-state index in [9.17, 15) is 9.59 Å². The summed E-state index contributed by atoms with van der Waals surface area (Å²) in [5.41, 5.74) is 1.63. The maximum atomic E-state index is 12.2. The summed E-state index contributed by atoms with van der Waals surface area (Å²) in [6, 6.07) is 11.9. The van der Waals surface area contributed by atoms with Crippen molar-refractivity contribution in [1.29, 1.82) is 0 Å². The molecular weight excluding hydrogens is 356 g/mol. The number of hydrogen-bond acceptors (Lipinski definition) is 4. The van der Waals surface area contributed by atoms with Crippen molar-refractivity contribution < 1.29 is 19.1 Å². The fraction of sp³-hybridized carbons (Fsp3) is 0.263. The Kier molecular flexibility index (Phi) is 7.44. The number of halogens is 1. The van der Waals surface area contributed by atoms with Crippen molar-refractivity contribution >= 4 is 29.1 Å². The molecule has 2 aromatic rings. The number of nitrogens with one attached hydrogen (secondary N) is 2. The Labute approximate surface area is 157 Å². The Morgan fingerprint density at radius 3 is 2.65 bits per heavy atom. The van der Waals surface area contributed by atoms with Crippen LogP contribution in [-0.2, 0) is 9.53 Å². The molecule has 0 radical (unpaired) electrons. The molecule has 2 aromatic carbocycles. The van der Waals surface area contributed by atoms with Crippen LogP contribution < -0.4 is 15.4 Å². The van der Waals surface area contributed by atoms with Crippen LogP contribution in [-0.4, -0.2) is 38.7 Å². The van der Waals surface area contributed by atoms with Crippen molar-refractivity contribution in [2.24, 2.45) is 0 Å². The van der Waals surface area contributed by atoms with Crippen LogP contribution in [0.15, 0.2) is 42.5 Å². The van der Waals surface area contributed by atoms with Crippen LogP contribution >= 0.6 is 11.6 Å². The van der Waals surface area contributed by atoms with Crippen LogP contribution in [0.4, 0.5) is 5.69 Å². The first-order chi connectivity index (χ1) is 12.5. The zero-order valence-electron chi connectivity index (χ0n) is 14.7. The molecule has 0 aromatic heterocycles. The molecule has 0 spiro atoms. The van der Waals surface area contributed by atoms with E-state index in [1.54, 1.807) is 49.6 Å². The summed E-state index contributed by atoms with van der Waals surface area (Å²) in [5.74, 6) is -0.0703. The van der Waals surface area contributed by atoms with Gasteiger partial charge in [0, 0.05) is 18.7 Å². The highest BCUT2D eigenvalue weighted by Gasteiger charge is 2.13. The summed E-state index contributed by atoms with van der Waals surface area (Å²) in [6.45, 7) is 2.46. The minimum atomic E-state index is -0.364. The first-order valence-corrected chi connectivity index (χ1v) is 8.44. The SMILES string of the molecule is COCCNC(=O)c1ccccc1NC(=O)COc1ccc(Cl)cc1C. The Hall–Kier alpha value is -2.57. The van der Waals surface area contributed by atoms with Gasteiger partial charge in [0.05, 0.1) is 17.9 Å². The van der Waals surface area contributed by atoms with Gasteiger partial charge in [-0.15, -0.1) is 0 Å². The van der Waals surface area contributed by atoms with Gasteiger partial charge < -0.3 is 20.1 Å². The van der Waals surface area contributed by atoms with Gasteiger partial charge in [-0.1, -0.05) is 23.7 Å². The van der Waals surface area contributed by atoms with E-state index < -0.39 is 0 Å². The molecule has 7 heteroatoms. The quantitative estimate of drug-likeness (QED) is 0.694. The zero-order chi connectivity index (χ0) is 18.9. The lowest BCUT2D eigenvalue weighted by atomic mass is 10.1. The molecule has 0 heterocycles. The van der Waals surface area contributed by atoms with Gasteiger partial charge in [-0.2, -0.15) is 0 Å². The molecule has 2 rings (SSSR count). The number of carbonyl (C=O) groups excluding carboxylic acids is 2. The van der Waals surface area contributed by atoms with E-state index in [-0.39, 0.29) is 18.4 Å². The largest absolute Gasteiger partial charge is 0.483 e. The van der Waals surface area contributed by atoms with Gasteiger partial charge in [0.25, 0.3) is 11.8 Å². The van der Waals surface area contributed by atoms with Gasteiger partial charge in [0.15, 0.2) is 6.61 Å². The van der Waals surface area contributed by atoms with Gasteiger partial charge in [-0.25, -0.2) is 0 Å². The number of amides is 2. The van der Waals surface area contributed by atoms with Gasteiger partial charge in [-0.05, 0) is 42.8 Å². The number of para-hydroxylation sites is 1. The van der Waals surface area contributed by atoms with Crippen LogP contribution in [0.25, 0.3) is 0 Å². The first-order valence-electron chi connectivity index (χ1n) is 8.06. The van der Waals surface area contributed by atoms with Gasteiger partial charge >= 0.3 is 0 Å². The molecule has 138 valence electrons. The number of ether oxygens (including phenoxy) is 2. The van der Waals surface area contributed by atoms with E-state index in [0.29, 0.717) is 35.2 Å². The fourth-order valence-corrected chi connectivity index (χ4v) is 2.48. The molecule has 0 aliphatic carbocycles. The van der Waals surface area contributed by atoms with E-state index in [1.165, 1.54) is 0 Å². The molecule has 0 aliphatic heterocycles. The lowest BCUT2D eigenvalue weighted by molar-refractivity contribution is -0.118. The molecule has 0 atom stereocenters. The molecule has 0 saturated heterocycles. The van der Waals surface area contributed by atoms with Crippen molar-refractivity contribution in [3.05, 3.63) is 58.6 Å². The van der Waals surface area contributed by atoms with Crippen molar-refractivity contribution in [2.75, 3.05) is 32.2 Å². The van der Waals surface area contributed by atoms with Crippen molar-refractivity contribution in [1.82, 2.24) is 5.32 Å². The smallest absolute Gasteiger partial charge is 0.262 e. The lowest BCUT2D eigenvalue weighted by Gasteiger charge is -2.12. The summed E-state index contributed by atoms with van der Waals surface area (Å²) in [4.78, 5) is 24.4. The van der Waals surface area contributed by atoms with E-state index in [0.717, 1.165) is 5.56 Å². The Morgan fingerprint density at radius 1 is 1.15 bits per heavy atom. The Balaban J connectivity index is 1.97. The first kappa shape index (κ1) is 19.8. The van der Waals surface area contributed by atoms with Crippen LogP contribution in [0.5, 0.6) is 5.75 Å². The normalized spacial score (nSPS) is 10.3. The molecule has 0 fully saturated rings. The Bertz CT molecular complexity index is 780. The molecule has 26 heavy (non-hydrogen) atoms. The molecule has 0 saturated carbocycles. The summed E-state index contributed by atoms with van der Waals surface area (Å²) in [7, 11) is 1.56. The van der Waals surface area contributed by atoms with Crippen molar-refractivity contribution in [3.8, 4) is 5.75 Å². The number of aryl methyl sites for hydroxylation is 1. The van der Waals surface area contributed by atoms with Crippen LogP contribution in [0.2, 0.25) is 5.02 Å². The van der Waals surface area contributed by atoms with E-state index in [1.807, 2.05) is 6.92 Å². The predicted octanol–water partition coefficient (Wildman–Crippen LogP) is 3.04. The predicted molar refractivity (Wildman–Crippen MR) is 101 cm³/mol. The summed E-state index contributed by atoms with van der Waals surface area (Å²) < 4.78 is 10.4. The monoisotopic (exact) mass is 376 g/mol. The average Bonchev–Trinajstić information content (AvgIpc) is 2.61. The number of benzene rings is 2. The second-order valence-electron chi connectivity index (χ2n) is 5.54. The topological polar surface area (TPSA) is 76.7 Å². The zero-order valence-corrected chi connectivity index (χ0v) is 15.4. The minimum absolute atomic E-state index is 0.178. The molecule has 0 unspecified atom stereocenters. The highest BCUT2D eigenvalue weighted by molar-refractivity contribution is 6.30. The molecule has 0 bridgehead atoms. The second kappa shape index (κ2) is 9.79. The number of methoxy groups -OCH3 is 1. The van der Waals surface area contributed by atoms with Gasteiger partial charge in [0.1, 0.15) is 5.75 Å². The van der Waals surface area contributed by atoms with E-state index >= 15 is 0 Å². The number of rotatable bonds is 8. The third-order valence-corrected chi connectivity index (χ3v) is 3.77. The van der Waals surface area contributed by atoms with Crippen molar-refractivity contribution in [3.63, 3.8) is 0 Å². The van der Waals surface area contributed by atoms with Crippen LogP contribution in [0, 0.1) is 6.92 Å². The highest BCUT2D eigenvalue weighted by atomic mass is 35.5. The Morgan fingerprint density at radius 2 is 1.92 bits per heavy atom. The average molecular weight is 377 g/mol. The van der Waals surface area contributed by atoms with E-state index in [2.05, 4.69) is 10.6 Å². The van der Waals surface area contributed by atoms with Gasteiger partial charge in [-0.3, -0.25) is 9.59 Å². The van der Waals surface area contributed by atoms with E-state index in [4.69, 9.17) is 21.1 Å². The summed E-state index contributed by atoms with van der Waals surface area (Å²) in [5, 5.41) is 6.03. The maximum Gasteiger partial charge on any atom is 0.262 e. The number of anilines is 1. The van der Waals surface area contributed by atoms with Crippen LogP contribution in [0.3, 0.4) is 0 Å².